The fourth-order valence-corrected chi connectivity index (χ4v) is 5.69. The predicted octanol–water partition coefficient (Wildman–Crippen LogP) is 8.94. The SMILES string of the molecule is CCC[C@@H](N=Cc1cc(C(C)(C)C)cc(C(C)(C)C)c1O)[C@@H](O)COC(c1ccccc1)(c1ccccc1)c1ccccc1. The van der Waals surface area contributed by atoms with Gasteiger partial charge in [0, 0.05) is 17.3 Å². The average Bonchev–Trinajstić information content (AvgIpc) is 3.00. The van der Waals surface area contributed by atoms with Crippen molar-refractivity contribution in [2.75, 3.05) is 6.61 Å². The fraction of sp³-hybridized carbons (Fsp3) is 0.375. The number of aliphatic hydroxyl groups is 1. The topological polar surface area (TPSA) is 62.1 Å². The third-order valence-corrected chi connectivity index (χ3v) is 8.26. The van der Waals surface area contributed by atoms with Crippen LogP contribution in [0.25, 0.3) is 0 Å². The molecular weight excluding hydrogens is 542 g/mol. The van der Waals surface area contributed by atoms with E-state index in [2.05, 4.69) is 90.9 Å². The van der Waals surface area contributed by atoms with Gasteiger partial charge in [0.1, 0.15) is 11.4 Å². The second kappa shape index (κ2) is 13.9. The van der Waals surface area contributed by atoms with E-state index in [0.717, 1.165) is 34.2 Å². The van der Waals surface area contributed by atoms with Crippen LogP contribution >= 0.6 is 0 Å². The molecule has 0 spiro atoms. The second-order valence-corrected chi connectivity index (χ2v) is 13.8. The molecule has 0 saturated heterocycles. The Bertz CT molecular complexity index is 1400. The van der Waals surface area contributed by atoms with Gasteiger partial charge in [-0.25, -0.2) is 0 Å². The van der Waals surface area contributed by atoms with Gasteiger partial charge < -0.3 is 14.9 Å². The molecule has 2 atom stereocenters. The number of aliphatic imine (C=N–C) groups is 1. The highest BCUT2D eigenvalue weighted by atomic mass is 16.5. The molecule has 4 nitrogen and oxygen atoms in total. The summed E-state index contributed by atoms with van der Waals surface area (Å²) in [5, 5.41) is 23.0. The second-order valence-electron chi connectivity index (χ2n) is 13.8. The lowest BCUT2D eigenvalue weighted by Crippen LogP contribution is -2.38. The number of nitrogens with zero attached hydrogens (tertiary/aromatic N) is 1. The number of hydrogen-bond acceptors (Lipinski definition) is 4. The molecule has 0 aromatic heterocycles. The molecule has 4 aromatic rings. The molecule has 0 aliphatic heterocycles. The van der Waals surface area contributed by atoms with Crippen LogP contribution in [0.3, 0.4) is 0 Å². The minimum absolute atomic E-state index is 0.0714. The maximum atomic E-state index is 11.7. The Hall–Kier alpha value is -3.73. The van der Waals surface area contributed by atoms with Crippen LogP contribution in [0.15, 0.2) is 108 Å². The summed E-state index contributed by atoms with van der Waals surface area (Å²) in [7, 11) is 0. The average molecular weight is 592 g/mol. The highest BCUT2D eigenvalue weighted by molar-refractivity contribution is 5.85. The molecule has 232 valence electrons. The lowest BCUT2D eigenvalue weighted by atomic mass is 9.79. The molecule has 0 aliphatic carbocycles. The predicted molar refractivity (Wildman–Crippen MR) is 183 cm³/mol. The smallest absolute Gasteiger partial charge is 0.143 e. The number of aliphatic hydroxyl groups excluding tert-OH is 1. The summed E-state index contributed by atoms with van der Waals surface area (Å²) in [5.74, 6) is 0.242. The quantitative estimate of drug-likeness (QED) is 0.135. The number of ether oxygens (including phenoxy) is 1. The van der Waals surface area contributed by atoms with Gasteiger partial charge in [0.2, 0.25) is 0 Å². The van der Waals surface area contributed by atoms with Gasteiger partial charge in [0.05, 0.1) is 18.8 Å². The van der Waals surface area contributed by atoms with Crippen molar-refractivity contribution >= 4 is 6.21 Å². The van der Waals surface area contributed by atoms with Crippen molar-refractivity contribution in [1.82, 2.24) is 0 Å². The third kappa shape index (κ3) is 7.49. The summed E-state index contributed by atoms with van der Waals surface area (Å²) in [6.07, 6.45) is 2.41. The van der Waals surface area contributed by atoms with Crippen molar-refractivity contribution in [1.29, 1.82) is 0 Å². The molecule has 0 radical (unpaired) electrons. The van der Waals surface area contributed by atoms with E-state index in [1.165, 1.54) is 0 Å². The van der Waals surface area contributed by atoms with Crippen molar-refractivity contribution < 1.29 is 14.9 Å². The highest BCUT2D eigenvalue weighted by Crippen LogP contribution is 2.41. The largest absolute Gasteiger partial charge is 0.507 e. The van der Waals surface area contributed by atoms with Crippen LogP contribution in [-0.4, -0.2) is 35.2 Å². The van der Waals surface area contributed by atoms with Gasteiger partial charge in [-0.1, -0.05) is 152 Å². The standard InChI is InChI=1S/C40H49NO3/c1-8-18-35(41-27-29-25-33(38(2,3)4)26-34(37(29)43)39(5,6)7)36(42)28-44-40(30-19-12-9-13-20-30,31-21-14-10-15-22-31)32-23-16-11-17-24-32/h9-17,19-27,35-36,42-43H,8,18,28H2,1-7H3/t35-,36+/m1/s1. The summed E-state index contributed by atoms with van der Waals surface area (Å²) >= 11 is 0. The first-order chi connectivity index (χ1) is 20.9. The van der Waals surface area contributed by atoms with Crippen molar-refractivity contribution in [2.45, 2.75) is 89.9 Å². The van der Waals surface area contributed by atoms with E-state index in [1.54, 1.807) is 6.21 Å². The van der Waals surface area contributed by atoms with Crippen molar-refractivity contribution in [3.8, 4) is 5.75 Å². The lowest BCUT2D eigenvalue weighted by molar-refractivity contribution is -0.0452. The molecule has 0 bridgehead atoms. The number of benzene rings is 4. The molecule has 4 heteroatoms. The van der Waals surface area contributed by atoms with Crippen LogP contribution in [0.1, 0.15) is 94.7 Å². The van der Waals surface area contributed by atoms with E-state index in [1.807, 2.05) is 60.7 Å². The molecular formula is C40H49NO3. The number of hydrogen-bond donors (Lipinski definition) is 2. The molecule has 0 heterocycles. The number of aromatic hydroxyl groups is 1. The van der Waals surface area contributed by atoms with Gasteiger partial charge in [0.15, 0.2) is 0 Å². The first-order valence-electron chi connectivity index (χ1n) is 15.8. The van der Waals surface area contributed by atoms with Crippen LogP contribution in [0, 0.1) is 0 Å². The van der Waals surface area contributed by atoms with Gasteiger partial charge >= 0.3 is 0 Å². The minimum atomic E-state index is -0.924. The van der Waals surface area contributed by atoms with E-state index >= 15 is 0 Å². The van der Waals surface area contributed by atoms with E-state index in [-0.39, 0.29) is 23.2 Å². The zero-order chi connectivity index (χ0) is 32.0. The van der Waals surface area contributed by atoms with Crippen LogP contribution in [0.2, 0.25) is 0 Å². The third-order valence-electron chi connectivity index (χ3n) is 8.26. The number of rotatable bonds is 11. The molecule has 4 aromatic carbocycles. The van der Waals surface area contributed by atoms with Gasteiger partial charge in [-0.3, -0.25) is 4.99 Å². The summed E-state index contributed by atoms with van der Waals surface area (Å²) in [4.78, 5) is 4.89. The summed E-state index contributed by atoms with van der Waals surface area (Å²) < 4.78 is 6.91. The first-order valence-corrected chi connectivity index (χ1v) is 15.8. The van der Waals surface area contributed by atoms with Gasteiger partial charge in [0.25, 0.3) is 0 Å². The van der Waals surface area contributed by atoms with Gasteiger partial charge in [-0.15, -0.1) is 0 Å². The number of phenolic OH excluding ortho intramolecular Hbond substituents is 1. The van der Waals surface area contributed by atoms with Gasteiger partial charge in [-0.2, -0.15) is 0 Å². The normalized spacial score (nSPS) is 14.1. The Morgan fingerprint density at radius 3 is 1.59 bits per heavy atom. The molecule has 0 fully saturated rings. The summed E-state index contributed by atoms with van der Waals surface area (Å²) in [5.41, 5.74) is 4.39. The molecule has 44 heavy (non-hydrogen) atoms. The molecule has 0 amide bonds. The van der Waals surface area contributed by atoms with Crippen molar-refractivity contribution in [3.63, 3.8) is 0 Å². The van der Waals surface area contributed by atoms with Crippen LogP contribution in [-0.2, 0) is 21.2 Å². The Balaban J connectivity index is 1.72. The van der Waals surface area contributed by atoms with Crippen LogP contribution < -0.4 is 0 Å². The van der Waals surface area contributed by atoms with E-state index in [4.69, 9.17) is 9.73 Å². The maximum absolute atomic E-state index is 11.7. The Labute approximate surface area is 264 Å². The fourth-order valence-electron chi connectivity index (χ4n) is 5.69. The molecule has 0 unspecified atom stereocenters. The first kappa shape index (κ1) is 33.2. The molecule has 0 saturated carbocycles. The zero-order valence-corrected chi connectivity index (χ0v) is 27.4. The van der Waals surface area contributed by atoms with Gasteiger partial charge in [-0.05, 0) is 45.6 Å². The van der Waals surface area contributed by atoms with E-state index in [9.17, 15) is 10.2 Å². The minimum Gasteiger partial charge on any atom is -0.507 e. The zero-order valence-electron chi connectivity index (χ0n) is 27.4. The maximum Gasteiger partial charge on any atom is 0.143 e. The molecule has 2 N–H and O–H groups in total. The summed E-state index contributed by atoms with van der Waals surface area (Å²) in [6.45, 7) is 15.0. The lowest BCUT2D eigenvalue weighted by Gasteiger charge is -2.37. The van der Waals surface area contributed by atoms with Crippen molar-refractivity contribution in [2.24, 2.45) is 4.99 Å². The highest BCUT2D eigenvalue weighted by Gasteiger charge is 2.38. The Morgan fingerprint density at radius 1 is 0.705 bits per heavy atom. The summed E-state index contributed by atoms with van der Waals surface area (Å²) in [6, 6.07) is 34.3. The van der Waals surface area contributed by atoms with Crippen LogP contribution in [0.5, 0.6) is 5.75 Å². The van der Waals surface area contributed by atoms with E-state index in [0.29, 0.717) is 12.0 Å². The van der Waals surface area contributed by atoms with E-state index < -0.39 is 17.7 Å². The van der Waals surface area contributed by atoms with Crippen LogP contribution in [0.4, 0.5) is 0 Å². The number of phenols is 1. The Morgan fingerprint density at radius 2 is 1.18 bits per heavy atom. The monoisotopic (exact) mass is 591 g/mol. The Kier molecular flexibility index (Phi) is 10.5. The molecule has 4 rings (SSSR count). The van der Waals surface area contributed by atoms with Crippen molar-refractivity contribution in [3.05, 3.63) is 137 Å². The molecule has 0 aliphatic rings.